The largest absolute Gasteiger partial charge is 0.396 e. The van der Waals surface area contributed by atoms with Gasteiger partial charge in [0.1, 0.15) is 5.82 Å². The predicted molar refractivity (Wildman–Crippen MR) is 63.8 cm³/mol. The number of anilines is 1. The SMILES string of the molecule is Cc1cc(N2CCCC(CO)C2)nc(Cl)n1. The lowest BCUT2D eigenvalue weighted by Crippen LogP contribution is -2.37. The number of aliphatic hydroxyl groups excluding tert-OH is 1. The van der Waals surface area contributed by atoms with Crippen LogP contribution in [0.15, 0.2) is 6.07 Å². The van der Waals surface area contributed by atoms with Gasteiger partial charge >= 0.3 is 0 Å². The molecule has 0 amide bonds. The molecule has 5 heteroatoms. The van der Waals surface area contributed by atoms with Gasteiger partial charge in [-0.1, -0.05) is 0 Å². The van der Waals surface area contributed by atoms with E-state index in [0.29, 0.717) is 11.2 Å². The highest BCUT2D eigenvalue weighted by Crippen LogP contribution is 2.22. The van der Waals surface area contributed by atoms with Crippen molar-refractivity contribution in [2.24, 2.45) is 5.92 Å². The predicted octanol–water partition coefficient (Wildman–Crippen LogP) is 1.65. The van der Waals surface area contributed by atoms with Crippen molar-refractivity contribution >= 4 is 17.4 Å². The van der Waals surface area contributed by atoms with Crippen LogP contribution < -0.4 is 4.90 Å². The summed E-state index contributed by atoms with van der Waals surface area (Å²) in [5.74, 6) is 1.22. The molecule has 4 nitrogen and oxygen atoms in total. The van der Waals surface area contributed by atoms with Crippen LogP contribution in [0.4, 0.5) is 5.82 Å². The van der Waals surface area contributed by atoms with Crippen molar-refractivity contribution < 1.29 is 5.11 Å². The van der Waals surface area contributed by atoms with Crippen LogP contribution in [-0.4, -0.2) is 34.8 Å². The smallest absolute Gasteiger partial charge is 0.224 e. The van der Waals surface area contributed by atoms with Crippen molar-refractivity contribution in [3.63, 3.8) is 0 Å². The number of aliphatic hydroxyl groups is 1. The van der Waals surface area contributed by atoms with Gasteiger partial charge in [0, 0.05) is 31.5 Å². The van der Waals surface area contributed by atoms with E-state index in [1.54, 1.807) is 0 Å². The highest BCUT2D eigenvalue weighted by atomic mass is 35.5. The maximum atomic E-state index is 9.18. The Morgan fingerprint density at radius 2 is 2.38 bits per heavy atom. The van der Waals surface area contributed by atoms with E-state index >= 15 is 0 Å². The molecule has 1 atom stereocenters. The molecule has 0 saturated carbocycles. The molecule has 16 heavy (non-hydrogen) atoms. The first-order valence-electron chi connectivity index (χ1n) is 5.56. The third-order valence-electron chi connectivity index (χ3n) is 2.91. The zero-order chi connectivity index (χ0) is 11.5. The lowest BCUT2D eigenvalue weighted by molar-refractivity contribution is 0.208. The van der Waals surface area contributed by atoms with Gasteiger partial charge in [0.05, 0.1) is 0 Å². The summed E-state index contributed by atoms with van der Waals surface area (Å²) in [6.45, 7) is 3.98. The Morgan fingerprint density at radius 3 is 3.06 bits per heavy atom. The van der Waals surface area contributed by atoms with Crippen molar-refractivity contribution in [1.82, 2.24) is 9.97 Å². The second kappa shape index (κ2) is 4.97. The third-order valence-corrected chi connectivity index (χ3v) is 3.08. The molecule has 1 fully saturated rings. The van der Waals surface area contributed by atoms with Gasteiger partial charge in [0.25, 0.3) is 0 Å². The van der Waals surface area contributed by atoms with E-state index in [-0.39, 0.29) is 6.61 Å². The van der Waals surface area contributed by atoms with Gasteiger partial charge < -0.3 is 10.0 Å². The summed E-state index contributed by atoms with van der Waals surface area (Å²) < 4.78 is 0. The van der Waals surface area contributed by atoms with Crippen LogP contribution >= 0.6 is 11.6 Å². The normalized spacial score (nSPS) is 21.2. The molecule has 0 bridgehead atoms. The van der Waals surface area contributed by atoms with E-state index in [0.717, 1.165) is 37.4 Å². The van der Waals surface area contributed by atoms with E-state index in [2.05, 4.69) is 14.9 Å². The maximum Gasteiger partial charge on any atom is 0.224 e. The number of hydrogen-bond donors (Lipinski definition) is 1. The molecule has 2 heterocycles. The Kier molecular flexibility index (Phi) is 3.61. The number of aryl methyl sites for hydroxylation is 1. The maximum absolute atomic E-state index is 9.18. The standard InChI is InChI=1S/C11H16ClN3O/c1-8-5-10(14-11(12)13-8)15-4-2-3-9(6-15)7-16/h5,9,16H,2-4,6-7H2,1H3. The van der Waals surface area contributed by atoms with Crippen molar-refractivity contribution in [3.8, 4) is 0 Å². The molecular weight excluding hydrogens is 226 g/mol. The second-order valence-electron chi connectivity index (χ2n) is 4.27. The van der Waals surface area contributed by atoms with E-state index in [1.807, 2.05) is 13.0 Å². The molecule has 2 rings (SSSR count). The molecule has 0 spiro atoms. The number of aromatic nitrogens is 2. The summed E-state index contributed by atoms with van der Waals surface area (Å²) in [6.07, 6.45) is 2.18. The van der Waals surface area contributed by atoms with Crippen molar-refractivity contribution in [2.75, 3.05) is 24.6 Å². The molecule has 1 aromatic rings. The highest BCUT2D eigenvalue weighted by molar-refractivity contribution is 6.28. The van der Waals surface area contributed by atoms with Crippen molar-refractivity contribution in [3.05, 3.63) is 17.0 Å². The zero-order valence-electron chi connectivity index (χ0n) is 9.36. The summed E-state index contributed by atoms with van der Waals surface area (Å²) in [7, 11) is 0. The number of piperidine rings is 1. The van der Waals surface area contributed by atoms with E-state index < -0.39 is 0 Å². The minimum absolute atomic E-state index is 0.244. The Labute approximate surface area is 100 Å². The molecule has 1 saturated heterocycles. The molecule has 88 valence electrons. The fourth-order valence-corrected chi connectivity index (χ4v) is 2.32. The van der Waals surface area contributed by atoms with Gasteiger partial charge in [-0.2, -0.15) is 0 Å². The van der Waals surface area contributed by atoms with Gasteiger partial charge in [0.15, 0.2) is 0 Å². The lowest BCUT2D eigenvalue weighted by atomic mass is 9.99. The van der Waals surface area contributed by atoms with Gasteiger partial charge in [-0.3, -0.25) is 0 Å². The monoisotopic (exact) mass is 241 g/mol. The van der Waals surface area contributed by atoms with E-state index in [4.69, 9.17) is 11.6 Å². The topological polar surface area (TPSA) is 49.2 Å². The minimum atomic E-state index is 0.244. The van der Waals surface area contributed by atoms with Gasteiger partial charge in [-0.25, -0.2) is 9.97 Å². The van der Waals surface area contributed by atoms with E-state index in [1.165, 1.54) is 0 Å². The zero-order valence-corrected chi connectivity index (χ0v) is 10.1. The van der Waals surface area contributed by atoms with Gasteiger partial charge in [-0.05, 0) is 37.3 Å². The molecule has 1 N–H and O–H groups in total. The van der Waals surface area contributed by atoms with Crippen LogP contribution in [0, 0.1) is 12.8 Å². The highest BCUT2D eigenvalue weighted by Gasteiger charge is 2.20. The van der Waals surface area contributed by atoms with Gasteiger partial charge in [-0.15, -0.1) is 0 Å². The first-order valence-corrected chi connectivity index (χ1v) is 5.94. The summed E-state index contributed by atoms with van der Waals surface area (Å²) in [5.41, 5.74) is 0.876. The van der Waals surface area contributed by atoms with Crippen molar-refractivity contribution in [1.29, 1.82) is 0 Å². The van der Waals surface area contributed by atoms with Crippen LogP contribution in [0.3, 0.4) is 0 Å². The molecule has 1 unspecified atom stereocenters. The summed E-state index contributed by atoms with van der Waals surface area (Å²) in [6, 6.07) is 1.94. The fraction of sp³-hybridized carbons (Fsp3) is 0.636. The van der Waals surface area contributed by atoms with Crippen LogP contribution in [0.1, 0.15) is 18.5 Å². The quantitative estimate of drug-likeness (QED) is 0.800. The summed E-state index contributed by atoms with van der Waals surface area (Å²) >= 11 is 5.84. The number of halogens is 1. The van der Waals surface area contributed by atoms with Crippen molar-refractivity contribution in [2.45, 2.75) is 19.8 Å². The Balaban J connectivity index is 2.16. The molecule has 1 aliphatic rings. The van der Waals surface area contributed by atoms with E-state index in [9.17, 15) is 5.11 Å². The Bertz CT molecular complexity index is 352. The van der Waals surface area contributed by atoms with Gasteiger partial charge in [0.2, 0.25) is 5.28 Å². The number of nitrogens with zero attached hydrogens (tertiary/aromatic N) is 3. The molecule has 1 aromatic heterocycles. The average molecular weight is 242 g/mol. The number of rotatable bonds is 2. The molecule has 0 aromatic carbocycles. The Morgan fingerprint density at radius 1 is 1.56 bits per heavy atom. The first kappa shape index (κ1) is 11.6. The van der Waals surface area contributed by atoms with Crippen LogP contribution in [-0.2, 0) is 0 Å². The molecular formula is C11H16ClN3O. The summed E-state index contributed by atoms with van der Waals surface area (Å²) in [5, 5.41) is 9.47. The second-order valence-corrected chi connectivity index (χ2v) is 4.61. The third kappa shape index (κ3) is 2.62. The molecule has 1 aliphatic heterocycles. The fourth-order valence-electron chi connectivity index (χ4n) is 2.10. The van der Waals surface area contributed by atoms with Crippen LogP contribution in [0.2, 0.25) is 5.28 Å². The molecule has 0 aliphatic carbocycles. The number of hydrogen-bond acceptors (Lipinski definition) is 4. The minimum Gasteiger partial charge on any atom is -0.396 e. The average Bonchev–Trinajstić information content (AvgIpc) is 2.28. The lowest BCUT2D eigenvalue weighted by Gasteiger charge is -2.32. The van der Waals surface area contributed by atoms with Crippen LogP contribution in [0.25, 0.3) is 0 Å². The summed E-state index contributed by atoms with van der Waals surface area (Å²) in [4.78, 5) is 10.4. The molecule has 0 radical (unpaired) electrons. The first-order chi connectivity index (χ1) is 7.69. The Hall–Kier alpha value is -0.870. The van der Waals surface area contributed by atoms with Crippen LogP contribution in [0.5, 0.6) is 0 Å².